The zero-order chi connectivity index (χ0) is 26.7. The first-order valence-corrected chi connectivity index (χ1v) is 14.1. The third kappa shape index (κ3) is 5.23. The van der Waals surface area contributed by atoms with E-state index in [4.69, 9.17) is 19.4 Å². The molecule has 0 amide bonds. The van der Waals surface area contributed by atoms with Crippen molar-refractivity contribution in [2.24, 2.45) is 0 Å². The molecule has 2 N–H and O–H groups in total. The van der Waals surface area contributed by atoms with Crippen LogP contribution in [0.1, 0.15) is 13.8 Å². The van der Waals surface area contributed by atoms with Crippen molar-refractivity contribution >= 4 is 49.6 Å². The lowest BCUT2D eigenvalue weighted by molar-refractivity contribution is 0.122. The average Bonchev–Trinajstić information content (AvgIpc) is 2.94. The van der Waals surface area contributed by atoms with Crippen LogP contribution in [-0.4, -0.2) is 57.0 Å². The number of hydrogen-bond donors (Lipinski definition) is 2. The minimum atomic E-state index is -3.51. The Morgan fingerprint density at radius 3 is 2.42 bits per heavy atom. The SMILES string of the molecule is COc1cc(N2CCOCC2)ccc1Nc1nc(Nc2ccccc2S(=O)(=O)C(C)C)c2ccccc2n1. The molecule has 1 aliphatic rings. The lowest BCUT2D eigenvalue weighted by Gasteiger charge is -2.29. The van der Waals surface area contributed by atoms with Gasteiger partial charge in [-0.3, -0.25) is 0 Å². The normalized spacial score (nSPS) is 14.1. The predicted molar refractivity (Wildman–Crippen MR) is 151 cm³/mol. The fourth-order valence-electron chi connectivity index (χ4n) is 4.35. The van der Waals surface area contributed by atoms with Gasteiger partial charge in [-0.25, -0.2) is 13.4 Å². The summed E-state index contributed by atoms with van der Waals surface area (Å²) in [5, 5.41) is 6.76. The molecular weight excluding hydrogens is 502 g/mol. The molecule has 3 aromatic carbocycles. The van der Waals surface area contributed by atoms with Gasteiger partial charge in [-0.2, -0.15) is 4.98 Å². The Hall–Kier alpha value is -3.89. The van der Waals surface area contributed by atoms with Crippen LogP contribution in [0.15, 0.2) is 71.6 Å². The van der Waals surface area contributed by atoms with Crippen molar-refractivity contribution in [1.82, 2.24) is 9.97 Å². The molecule has 2 heterocycles. The number of nitrogens with one attached hydrogen (secondary N) is 2. The number of morpholine rings is 1. The highest BCUT2D eigenvalue weighted by Crippen LogP contribution is 2.34. The van der Waals surface area contributed by atoms with Gasteiger partial charge in [-0.15, -0.1) is 0 Å². The van der Waals surface area contributed by atoms with Gasteiger partial charge in [0.05, 0.1) is 47.4 Å². The maximum absolute atomic E-state index is 13.0. The number of fused-ring (bicyclic) bond motifs is 1. The molecule has 38 heavy (non-hydrogen) atoms. The van der Waals surface area contributed by atoms with E-state index < -0.39 is 15.1 Å². The summed E-state index contributed by atoms with van der Waals surface area (Å²) in [7, 11) is -1.88. The Morgan fingerprint density at radius 1 is 0.921 bits per heavy atom. The van der Waals surface area contributed by atoms with Crippen LogP contribution in [0.4, 0.5) is 28.8 Å². The Labute approximate surface area is 222 Å². The summed E-state index contributed by atoms with van der Waals surface area (Å²) in [6.07, 6.45) is 0. The topological polar surface area (TPSA) is 106 Å². The van der Waals surface area contributed by atoms with Crippen LogP contribution >= 0.6 is 0 Å². The highest BCUT2D eigenvalue weighted by atomic mass is 32.2. The molecule has 1 saturated heterocycles. The fraction of sp³-hybridized carbons (Fsp3) is 0.286. The van der Waals surface area contributed by atoms with E-state index in [1.165, 1.54) is 0 Å². The zero-order valence-corrected chi connectivity index (χ0v) is 22.5. The highest BCUT2D eigenvalue weighted by Gasteiger charge is 2.23. The second-order valence-electron chi connectivity index (χ2n) is 9.24. The van der Waals surface area contributed by atoms with E-state index in [-0.39, 0.29) is 4.90 Å². The average molecular weight is 534 g/mol. The minimum Gasteiger partial charge on any atom is -0.494 e. The Balaban J connectivity index is 1.51. The monoisotopic (exact) mass is 533 g/mol. The maximum Gasteiger partial charge on any atom is 0.229 e. The number of benzene rings is 3. The smallest absolute Gasteiger partial charge is 0.229 e. The van der Waals surface area contributed by atoms with Gasteiger partial charge in [-0.05, 0) is 50.2 Å². The van der Waals surface area contributed by atoms with Gasteiger partial charge in [0.2, 0.25) is 5.95 Å². The molecule has 1 fully saturated rings. The van der Waals surface area contributed by atoms with Crippen LogP contribution in [0.25, 0.3) is 10.9 Å². The van der Waals surface area contributed by atoms with Gasteiger partial charge >= 0.3 is 0 Å². The first-order valence-electron chi connectivity index (χ1n) is 12.5. The van der Waals surface area contributed by atoms with Crippen LogP contribution in [0.3, 0.4) is 0 Å². The van der Waals surface area contributed by atoms with E-state index in [1.54, 1.807) is 45.2 Å². The molecule has 0 aliphatic carbocycles. The molecule has 10 heteroatoms. The summed E-state index contributed by atoms with van der Waals surface area (Å²) in [6.45, 7) is 6.40. The fourth-order valence-corrected chi connectivity index (χ4v) is 5.55. The molecule has 5 rings (SSSR count). The first-order chi connectivity index (χ1) is 18.4. The van der Waals surface area contributed by atoms with Crippen LogP contribution in [-0.2, 0) is 14.6 Å². The third-order valence-electron chi connectivity index (χ3n) is 6.48. The van der Waals surface area contributed by atoms with Gasteiger partial charge in [0.1, 0.15) is 11.6 Å². The van der Waals surface area contributed by atoms with Crippen molar-refractivity contribution in [1.29, 1.82) is 0 Å². The summed E-state index contributed by atoms with van der Waals surface area (Å²) >= 11 is 0. The van der Waals surface area contributed by atoms with Crippen molar-refractivity contribution in [2.75, 3.05) is 48.9 Å². The van der Waals surface area contributed by atoms with Gasteiger partial charge in [0.15, 0.2) is 9.84 Å². The number of hydrogen-bond acceptors (Lipinski definition) is 9. The molecule has 198 valence electrons. The van der Waals surface area contributed by atoms with E-state index in [0.29, 0.717) is 47.6 Å². The van der Waals surface area contributed by atoms with E-state index in [0.717, 1.165) is 24.2 Å². The van der Waals surface area contributed by atoms with Gasteiger partial charge in [-0.1, -0.05) is 24.3 Å². The van der Waals surface area contributed by atoms with Gasteiger partial charge in [0.25, 0.3) is 0 Å². The van der Waals surface area contributed by atoms with E-state index in [2.05, 4.69) is 15.5 Å². The van der Waals surface area contributed by atoms with Crippen molar-refractivity contribution in [3.8, 4) is 5.75 Å². The van der Waals surface area contributed by atoms with Gasteiger partial charge in [0, 0.05) is 30.2 Å². The molecule has 0 radical (unpaired) electrons. The van der Waals surface area contributed by atoms with Crippen molar-refractivity contribution in [2.45, 2.75) is 24.0 Å². The number of methoxy groups -OCH3 is 1. The van der Waals surface area contributed by atoms with Crippen molar-refractivity contribution < 1.29 is 17.9 Å². The number of sulfone groups is 1. The van der Waals surface area contributed by atoms with E-state index >= 15 is 0 Å². The van der Waals surface area contributed by atoms with Crippen molar-refractivity contribution in [3.05, 3.63) is 66.7 Å². The Morgan fingerprint density at radius 2 is 1.66 bits per heavy atom. The Bertz CT molecular complexity index is 1550. The number of rotatable bonds is 8. The van der Waals surface area contributed by atoms with Crippen LogP contribution in [0.2, 0.25) is 0 Å². The Kier molecular flexibility index (Phi) is 7.35. The number of aromatic nitrogens is 2. The standard InChI is InChI=1S/C28H31N5O4S/c1-19(2)38(34,35)26-11-7-6-10-24(26)29-27-21-8-4-5-9-22(21)30-28(32-27)31-23-13-12-20(18-25(23)36-3)33-14-16-37-17-15-33/h4-13,18-19H,14-17H2,1-3H3,(H2,29,30,31,32). The van der Waals surface area contributed by atoms with Gasteiger partial charge < -0.3 is 25.0 Å². The highest BCUT2D eigenvalue weighted by molar-refractivity contribution is 7.92. The lowest BCUT2D eigenvalue weighted by atomic mass is 10.2. The quantitative estimate of drug-likeness (QED) is 0.318. The zero-order valence-electron chi connectivity index (χ0n) is 21.6. The lowest BCUT2D eigenvalue weighted by Crippen LogP contribution is -2.36. The van der Waals surface area contributed by atoms with E-state index in [1.807, 2.05) is 42.5 Å². The summed E-state index contributed by atoms with van der Waals surface area (Å²) < 4.78 is 37.2. The van der Waals surface area contributed by atoms with Crippen LogP contribution in [0.5, 0.6) is 5.75 Å². The van der Waals surface area contributed by atoms with E-state index in [9.17, 15) is 8.42 Å². The number of nitrogens with zero attached hydrogens (tertiary/aromatic N) is 3. The summed E-state index contributed by atoms with van der Waals surface area (Å²) in [4.78, 5) is 11.9. The second kappa shape index (κ2) is 10.8. The molecule has 1 aromatic heterocycles. The van der Waals surface area contributed by atoms with Crippen LogP contribution in [0, 0.1) is 0 Å². The number of anilines is 5. The summed E-state index contributed by atoms with van der Waals surface area (Å²) in [5.74, 6) is 1.51. The molecule has 9 nitrogen and oxygen atoms in total. The second-order valence-corrected chi connectivity index (χ2v) is 11.7. The predicted octanol–water partition coefficient (Wildman–Crippen LogP) is 5.14. The summed E-state index contributed by atoms with van der Waals surface area (Å²) in [5.41, 5.74) is 2.94. The third-order valence-corrected chi connectivity index (χ3v) is 8.69. The molecule has 0 unspecified atom stereocenters. The molecule has 4 aromatic rings. The molecular formula is C28H31N5O4S. The maximum atomic E-state index is 13.0. The molecule has 1 aliphatic heterocycles. The molecule has 0 atom stereocenters. The van der Waals surface area contributed by atoms with Crippen LogP contribution < -0.4 is 20.3 Å². The number of para-hydroxylation sites is 2. The van der Waals surface area contributed by atoms with Crippen molar-refractivity contribution in [3.63, 3.8) is 0 Å². The largest absolute Gasteiger partial charge is 0.494 e. The minimum absolute atomic E-state index is 0.229. The first kappa shape index (κ1) is 25.7. The molecule has 0 saturated carbocycles. The molecule has 0 bridgehead atoms. The molecule has 0 spiro atoms. The summed E-state index contributed by atoms with van der Waals surface area (Å²) in [6, 6.07) is 20.4. The number of ether oxygens (including phenoxy) is 2.